The van der Waals surface area contributed by atoms with Crippen molar-refractivity contribution in [2.45, 2.75) is 31.0 Å². The highest BCUT2D eigenvalue weighted by molar-refractivity contribution is 7.86. The van der Waals surface area contributed by atoms with Gasteiger partial charge in [0.15, 0.2) is 0 Å². The minimum absolute atomic E-state index is 0.333. The maximum Gasteiger partial charge on any atom is 0.422 e. The molecule has 1 heterocycles. The van der Waals surface area contributed by atoms with Gasteiger partial charge in [0, 0.05) is 11.1 Å². The van der Waals surface area contributed by atoms with Crippen molar-refractivity contribution in [2.24, 2.45) is 0 Å². The molecule has 1 aromatic carbocycles. The average molecular weight is 351 g/mol. The fraction of sp³-hybridized carbons (Fsp3) is 0.308. The van der Waals surface area contributed by atoms with E-state index in [0.29, 0.717) is 17.0 Å². The lowest BCUT2D eigenvalue weighted by Gasteiger charge is -2.18. The number of aromatic nitrogens is 1. The molecule has 0 fully saturated rings. The fourth-order valence-corrected chi connectivity index (χ4v) is 3.56. The first kappa shape index (κ1) is 16.9. The Morgan fingerprint density at radius 3 is 2.23 bits per heavy atom. The van der Waals surface area contributed by atoms with Gasteiger partial charge < -0.3 is 0 Å². The van der Waals surface area contributed by atoms with Gasteiger partial charge in [-0.1, -0.05) is 17.7 Å². The first-order chi connectivity index (χ1) is 10.1. The molecule has 0 aliphatic rings. The van der Waals surface area contributed by atoms with Gasteiger partial charge in [-0.2, -0.15) is 21.6 Å². The molecular formula is C13H12F3NO3S2. The summed E-state index contributed by atoms with van der Waals surface area (Å²) in [6, 6.07) is 5.36. The topological polar surface area (TPSA) is 56.3 Å². The lowest BCUT2D eigenvalue weighted by atomic mass is 10.2. The molecule has 0 aliphatic heterocycles. The molecule has 0 radical (unpaired) electrons. The highest BCUT2D eigenvalue weighted by atomic mass is 32.2. The van der Waals surface area contributed by atoms with Crippen LogP contribution in [0.25, 0.3) is 0 Å². The SMILES string of the molecule is Cc1ccc(S(=O)(=O)OC(c2nc(C)cs2)C(F)(F)F)cc1. The van der Waals surface area contributed by atoms with Gasteiger partial charge in [0.05, 0.1) is 4.90 Å². The van der Waals surface area contributed by atoms with Crippen LogP contribution >= 0.6 is 11.3 Å². The molecule has 1 atom stereocenters. The number of rotatable bonds is 4. The van der Waals surface area contributed by atoms with Crippen molar-refractivity contribution in [3.8, 4) is 0 Å². The maximum absolute atomic E-state index is 13.1. The summed E-state index contributed by atoms with van der Waals surface area (Å²) in [5, 5.41) is 0.955. The van der Waals surface area contributed by atoms with Crippen molar-refractivity contribution < 1.29 is 25.8 Å². The molecule has 0 bridgehead atoms. The Labute approximate surface area is 129 Å². The number of thiazole rings is 1. The van der Waals surface area contributed by atoms with Crippen LogP contribution in [0.3, 0.4) is 0 Å². The summed E-state index contributed by atoms with van der Waals surface area (Å²) >= 11 is 0.702. The van der Waals surface area contributed by atoms with E-state index in [0.717, 1.165) is 5.56 Å². The van der Waals surface area contributed by atoms with Crippen molar-refractivity contribution in [1.82, 2.24) is 4.98 Å². The van der Waals surface area contributed by atoms with E-state index in [2.05, 4.69) is 9.17 Å². The van der Waals surface area contributed by atoms with Crippen LogP contribution in [0.5, 0.6) is 0 Å². The van der Waals surface area contributed by atoms with Gasteiger partial charge in [0.2, 0.25) is 6.10 Å². The zero-order chi connectivity index (χ0) is 16.5. The quantitative estimate of drug-likeness (QED) is 0.787. The Morgan fingerprint density at radius 1 is 1.18 bits per heavy atom. The Balaban J connectivity index is 2.36. The number of alkyl halides is 3. The standard InChI is InChI=1S/C13H12F3NO3S2/c1-8-3-5-10(6-4-8)22(18,19)20-11(13(14,15)16)12-17-9(2)7-21-12/h3-7,11H,1-2H3. The molecule has 9 heteroatoms. The third-order valence-corrected chi connectivity index (χ3v) is 4.99. The molecule has 0 amide bonds. The minimum Gasteiger partial charge on any atom is -0.246 e. The molecule has 1 unspecified atom stereocenters. The second kappa shape index (κ2) is 5.98. The van der Waals surface area contributed by atoms with E-state index in [1.165, 1.54) is 36.6 Å². The molecule has 2 aromatic rings. The van der Waals surface area contributed by atoms with Crippen LogP contribution in [-0.4, -0.2) is 19.6 Å². The van der Waals surface area contributed by atoms with Crippen LogP contribution < -0.4 is 0 Å². The molecule has 0 aliphatic carbocycles. The molecule has 0 spiro atoms. The lowest BCUT2D eigenvalue weighted by molar-refractivity contribution is -0.196. The van der Waals surface area contributed by atoms with Crippen LogP contribution in [0.15, 0.2) is 34.5 Å². The van der Waals surface area contributed by atoms with Crippen LogP contribution in [0.4, 0.5) is 13.2 Å². The third kappa shape index (κ3) is 3.84. The zero-order valence-electron chi connectivity index (χ0n) is 11.6. The molecule has 2 rings (SSSR count). The van der Waals surface area contributed by atoms with Gasteiger partial charge in [-0.3, -0.25) is 0 Å². The van der Waals surface area contributed by atoms with Crippen LogP contribution in [0, 0.1) is 13.8 Å². The monoisotopic (exact) mass is 351 g/mol. The van der Waals surface area contributed by atoms with Gasteiger partial charge in [-0.25, -0.2) is 9.17 Å². The highest BCUT2D eigenvalue weighted by Gasteiger charge is 2.47. The van der Waals surface area contributed by atoms with E-state index in [9.17, 15) is 21.6 Å². The molecular weight excluding hydrogens is 339 g/mol. The van der Waals surface area contributed by atoms with Gasteiger partial charge in [0.25, 0.3) is 10.1 Å². The van der Waals surface area contributed by atoms with E-state index < -0.39 is 27.4 Å². The van der Waals surface area contributed by atoms with Crippen molar-refractivity contribution in [3.05, 3.63) is 45.9 Å². The summed E-state index contributed by atoms with van der Waals surface area (Å²) < 4.78 is 67.8. The number of benzene rings is 1. The van der Waals surface area contributed by atoms with E-state index in [1.807, 2.05) is 0 Å². The molecule has 0 saturated heterocycles. The lowest BCUT2D eigenvalue weighted by Crippen LogP contribution is -2.26. The van der Waals surface area contributed by atoms with Crippen molar-refractivity contribution >= 4 is 21.5 Å². The molecule has 120 valence electrons. The number of hydrogen-bond acceptors (Lipinski definition) is 5. The average Bonchev–Trinajstić information content (AvgIpc) is 2.81. The normalized spacial score (nSPS) is 14.0. The minimum atomic E-state index is -4.89. The molecule has 1 aromatic heterocycles. The predicted octanol–water partition coefficient (Wildman–Crippen LogP) is 3.77. The second-order valence-electron chi connectivity index (χ2n) is 4.61. The Bertz CT molecular complexity index is 752. The molecule has 0 N–H and O–H groups in total. The van der Waals surface area contributed by atoms with E-state index in [4.69, 9.17) is 0 Å². The third-order valence-electron chi connectivity index (χ3n) is 2.69. The smallest absolute Gasteiger partial charge is 0.246 e. The van der Waals surface area contributed by atoms with E-state index >= 15 is 0 Å². The summed E-state index contributed by atoms with van der Waals surface area (Å²) in [7, 11) is -4.55. The number of hydrogen-bond donors (Lipinski definition) is 0. The number of nitrogens with zero attached hydrogens (tertiary/aromatic N) is 1. The molecule has 22 heavy (non-hydrogen) atoms. The summed E-state index contributed by atoms with van der Waals surface area (Å²) in [5.41, 5.74) is 1.15. The van der Waals surface area contributed by atoms with Gasteiger partial charge >= 0.3 is 6.18 Å². The van der Waals surface area contributed by atoms with Crippen LogP contribution in [-0.2, 0) is 14.3 Å². The fourth-order valence-electron chi connectivity index (χ4n) is 1.62. The number of aryl methyl sites for hydroxylation is 2. The Kier molecular flexibility index (Phi) is 4.59. The van der Waals surface area contributed by atoms with Crippen molar-refractivity contribution in [1.29, 1.82) is 0 Å². The highest BCUT2D eigenvalue weighted by Crippen LogP contribution is 2.39. The summed E-state index contributed by atoms with van der Waals surface area (Å²) in [4.78, 5) is 3.35. The molecule has 0 saturated carbocycles. The van der Waals surface area contributed by atoms with E-state index in [1.54, 1.807) is 6.92 Å². The summed E-state index contributed by atoms with van der Waals surface area (Å²) in [6.07, 6.45) is -7.50. The van der Waals surface area contributed by atoms with E-state index in [-0.39, 0.29) is 4.90 Å². The van der Waals surface area contributed by atoms with Crippen LogP contribution in [0.1, 0.15) is 22.4 Å². The van der Waals surface area contributed by atoms with Crippen LogP contribution in [0.2, 0.25) is 0 Å². The van der Waals surface area contributed by atoms with Gasteiger partial charge in [0.1, 0.15) is 5.01 Å². The Morgan fingerprint density at radius 2 is 1.77 bits per heavy atom. The summed E-state index contributed by atoms with van der Waals surface area (Å²) in [5.74, 6) is 0. The maximum atomic E-state index is 13.1. The predicted molar refractivity (Wildman–Crippen MR) is 75.1 cm³/mol. The largest absolute Gasteiger partial charge is 0.422 e. The first-order valence-corrected chi connectivity index (χ1v) is 8.37. The van der Waals surface area contributed by atoms with Crippen molar-refractivity contribution in [3.63, 3.8) is 0 Å². The number of halogens is 3. The van der Waals surface area contributed by atoms with Gasteiger partial charge in [-0.15, -0.1) is 11.3 Å². The summed E-state index contributed by atoms with van der Waals surface area (Å²) in [6.45, 7) is 3.25. The molecule has 4 nitrogen and oxygen atoms in total. The van der Waals surface area contributed by atoms with Gasteiger partial charge in [-0.05, 0) is 26.0 Å². The zero-order valence-corrected chi connectivity index (χ0v) is 13.2. The second-order valence-corrected chi connectivity index (χ2v) is 7.07. The first-order valence-electron chi connectivity index (χ1n) is 6.08. The Hall–Kier alpha value is -1.45. The van der Waals surface area contributed by atoms with Crippen molar-refractivity contribution in [2.75, 3.05) is 0 Å².